The van der Waals surface area contributed by atoms with Gasteiger partial charge in [0.2, 0.25) is 0 Å². The lowest BCUT2D eigenvalue weighted by Gasteiger charge is -2.16. The molecule has 3 heterocycles. The summed E-state index contributed by atoms with van der Waals surface area (Å²) >= 11 is 0. The van der Waals surface area contributed by atoms with Gasteiger partial charge < -0.3 is 9.88 Å². The first kappa shape index (κ1) is 8.41. The van der Waals surface area contributed by atoms with E-state index in [1.54, 1.807) is 0 Å². The molecule has 3 rings (SSSR count). The van der Waals surface area contributed by atoms with E-state index in [0.717, 1.165) is 26.1 Å². The predicted octanol–water partition coefficient (Wildman–Crippen LogP) is 0.691. The minimum Gasteiger partial charge on any atom is -0.316 e. The van der Waals surface area contributed by atoms with Crippen molar-refractivity contribution < 1.29 is 0 Å². The van der Waals surface area contributed by atoms with Crippen LogP contribution in [0.5, 0.6) is 0 Å². The van der Waals surface area contributed by atoms with Gasteiger partial charge in [0, 0.05) is 25.4 Å². The third-order valence-electron chi connectivity index (χ3n) is 3.31. The molecule has 4 nitrogen and oxygen atoms in total. The molecule has 1 fully saturated rings. The standard InChI is InChI=1S/C10H16N4/c1-2-6-14-9(3-1)12-13-10(14)8-4-5-11-7-8/h8,11H,1-7H2. The second-order valence-electron chi connectivity index (χ2n) is 4.27. The van der Waals surface area contributed by atoms with Gasteiger partial charge in [-0.1, -0.05) is 0 Å². The molecule has 4 heteroatoms. The Hall–Kier alpha value is -0.900. The number of hydrogen-bond donors (Lipinski definition) is 1. The van der Waals surface area contributed by atoms with Gasteiger partial charge in [-0.25, -0.2) is 0 Å². The summed E-state index contributed by atoms with van der Waals surface area (Å²) in [5.41, 5.74) is 0. The van der Waals surface area contributed by atoms with Crippen molar-refractivity contribution in [3.8, 4) is 0 Å². The van der Waals surface area contributed by atoms with Crippen LogP contribution in [-0.2, 0) is 13.0 Å². The zero-order valence-corrected chi connectivity index (χ0v) is 8.37. The molecule has 0 amide bonds. The molecule has 1 unspecified atom stereocenters. The first-order chi connectivity index (χ1) is 6.95. The summed E-state index contributed by atoms with van der Waals surface area (Å²) in [7, 11) is 0. The molecule has 1 atom stereocenters. The van der Waals surface area contributed by atoms with Crippen LogP contribution in [0.3, 0.4) is 0 Å². The van der Waals surface area contributed by atoms with Crippen LogP contribution < -0.4 is 5.32 Å². The molecule has 0 radical (unpaired) electrons. The Morgan fingerprint density at radius 2 is 2.29 bits per heavy atom. The lowest BCUT2D eigenvalue weighted by Crippen LogP contribution is -2.17. The molecular formula is C10H16N4. The number of nitrogens with zero attached hydrogens (tertiary/aromatic N) is 3. The quantitative estimate of drug-likeness (QED) is 0.712. The number of fused-ring (bicyclic) bond motifs is 1. The molecule has 1 saturated heterocycles. The van der Waals surface area contributed by atoms with Gasteiger partial charge in [0.15, 0.2) is 0 Å². The third kappa shape index (κ3) is 1.25. The van der Waals surface area contributed by atoms with Gasteiger partial charge in [0.25, 0.3) is 0 Å². The van der Waals surface area contributed by atoms with Crippen LogP contribution in [0, 0.1) is 0 Å². The Morgan fingerprint density at radius 1 is 1.29 bits per heavy atom. The highest BCUT2D eigenvalue weighted by Gasteiger charge is 2.25. The van der Waals surface area contributed by atoms with Crippen LogP contribution in [0.25, 0.3) is 0 Å². The van der Waals surface area contributed by atoms with E-state index in [0.29, 0.717) is 5.92 Å². The van der Waals surface area contributed by atoms with Crippen molar-refractivity contribution in [2.45, 2.75) is 38.1 Å². The summed E-state index contributed by atoms with van der Waals surface area (Å²) in [5, 5.41) is 12.0. The summed E-state index contributed by atoms with van der Waals surface area (Å²) in [6, 6.07) is 0. The minimum atomic E-state index is 0.606. The maximum Gasteiger partial charge on any atom is 0.137 e. The molecule has 76 valence electrons. The highest BCUT2D eigenvalue weighted by Crippen LogP contribution is 2.24. The molecule has 1 aromatic rings. The number of nitrogens with one attached hydrogen (secondary N) is 1. The van der Waals surface area contributed by atoms with E-state index in [1.165, 1.54) is 30.9 Å². The van der Waals surface area contributed by atoms with Crippen molar-refractivity contribution in [1.29, 1.82) is 0 Å². The van der Waals surface area contributed by atoms with Crippen LogP contribution in [0.4, 0.5) is 0 Å². The largest absolute Gasteiger partial charge is 0.316 e. The van der Waals surface area contributed by atoms with E-state index in [1.807, 2.05) is 0 Å². The van der Waals surface area contributed by atoms with Crippen LogP contribution in [0.2, 0.25) is 0 Å². The van der Waals surface area contributed by atoms with E-state index in [4.69, 9.17) is 0 Å². The lowest BCUT2D eigenvalue weighted by atomic mass is 10.1. The van der Waals surface area contributed by atoms with Crippen molar-refractivity contribution >= 4 is 0 Å². The SMILES string of the molecule is C1CCn2c(nnc2C2CCNC2)C1. The maximum atomic E-state index is 4.35. The van der Waals surface area contributed by atoms with E-state index >= 15 is 0 Å². The summed E-state index contributed by atoms with van der Waals surface area (Å²) in [6.45, 7) is 3.35. The Labute approximate surface area is 83.7 Å². The Bertz CT molecular complexity index is 325. The molecule has 14 heavy (non-hydrogen) atoms. The first-order valence-electron chi connectivity index (χ1n) is 5.58. The van der Waals surface area contributed by atoms with E-state index < -0.39 is 0 Å². The molecular weight excluding hydrogens is 176 g/mol. The second kappa shape index (κ2) is 3.35. The highest BCUT2D eigenvalue weighted by molar-refractivity contribution is 5.06. The minimum absolute atomic E-state index is 0.606. The van der Waals surface area contributed by atoms with Gasteiger partial charge in [-0.2, -0.15) is 0 Å². The van der Waals surface area contributed by atoms with Crippen LogP contribution in [-0.4, -0.2) is 27.9 Å². The van der Waals surface area contributed by atoms with E-state index in [2.05, 4.69) is 20.1 Å². The van der Waals surface area contributed by atoms with Crippen molar-refractivity contribution in [3.63, 3.8) is 0 Å². The van der Waals surface area contributed by atoms with Gasteiger partial charge >= 0.3 is 0 Å². The van der Waals surface area contributed by atoms with Gasteiger partial charge in [-0.05, 0) is 25.8 Å². The lowest BCUT2D eigenvalue weighted by molar-refractivity contribution is 0.494. The topological polar surface area (TPSA) is 42.7 Å². The zero-order chi connectivity index (χ0) is 9.38. The predicted molar refractivity (Wildman–Crippen MR) is 53.2 cm³/mol. The van der Waals surface area contributed by atoms with Gasteiger partial charge in [0.05, 0.1) is 0 Å². The average Bonchev–Trinajstić information content (AvgIpc) is 2.85. The van der Waals surface area contributed by atoms with Gasteiger partial charge in [0.1, 0.15) is 11.6 Å². The first-order valence-corrected chi connectivity index (χ1v) is 5.58. The molecule has 1 aromatic heterocycles. The summed E-state index contributed by atoms with van der Waals surface area (Å²) < 4.78 is 2.35. The van der Waals surface area contributed by atoms with E-state index in [9.17, 15) is 0 Å². The molecule has 2 aliphatic heterocycles. The summed E-state index contributed by atoms with van der Waals surface area (Å²) in [6.07, 6.45) is 4.91. The molecule has 0 bridgehead atoms. The smallest absolute Gasteiger partial charge is 0.137 e. The molecule has 1 N–H and O–H groups in total. The molecule has 0 aliphatic carbocycles. The Morgan fingerprint density at radius 3 is 3.14 bits per heavy atom. The number of aryl methyl sites for hydroxylation is 1. The molecule has 2 aliphatic rings. The van der Waals surface area contributed by atoms with Crippen molar-refractivity contribution in [1.82, 2.24) is 20.1 Å². The fraction of sp³-hybridized carbons (Fsp3) is 0.800. The third-order valence-corrected chi connectivity index (χ3v) is 3.31. The zero-order valence-electron chi connectivity index (χ0n) is 8.37. The molecule has 0 saturated carbocycles. The van der Waals surface area contributed by atoms with E-state index in [-0.39, 0.29) is 0 Å². The maximum absolute atomic E-state index is 4.35. The van der Waals surface area contributed by atoms with Crippen LogP contribution in [0.1, 0.15) is 36.8 Å². The number of rotatable bonds is 1. The molecule has 0 aromatic carbocycles. The molecule has 0 spiro atoms. The summed E-state index contributed by atoms with van der Waals surface area (Å²) in [5.74, 6) is 3.04. The normalized spacial score (nSPS) is 26.4. The Kier molecular flexibility index (Phi) is 2.01. The van der Waals surface area contributed by atoms with Crippen molar-refractivity contribution in [2.75, 3.05) is 13.1 Å². The number of hydrogen-bond acceptors (Lipinski definition) is 3. The van der Waals surface area contributed by atoms with Gasteiger partial charge in [-0.3, -0.25) is 0 Å². The Balaban J connectivity index is 1.93. The van der Waals surface area contributed by atoms with Gasteiger partial charge in [-0.15, -0.1) is 10.2 Å². The van der Waals surface area contributed by atoms with Crippen molar-refractivity contribution in [3.05, 3.63) is 11.6 Å². The highest BCUT2D eigenvalue weighted by atomic mass is 15.3. The average molecular weight is 192 g/mol. The van der Waals surface area contributed by atoms with Crippen LogP contribution in [0.15, 0.2) is 0 Å². The monoisotopic (exact) mass is 192 g/mol. The fourth-order valence-electron chi connectivity index (χ4n) is 2.51. The van der Waals surface area contributed by atoms with Crippen molar-refractivity contribution in [2.24, 2.45) is 0 Å². The second-order valence-corrected chi connectivity index (χ2v) is 4.27. The van der Waals surface area contributed by atoms with Crippen LogP contribution >= 0.6 is 0 Å². The summed E-state index contributed by atoms with van der Waals surface area (Å²) in [4.78, 5) is 0. The number of aromatic nitrogens is 3. The fourth-order valence-corrected chi connectivity index (χ4v) is 2.51.